The number of thiophene rings is 1. The fourth-order valence-electron chi connectivity index (χ4n) is 3.35. The van der Waals surface area contributed by atoms with Crippen molar-refractivity contribution >= 4 is 39.9 Å². The Bertz CT molecular complexity index is 937. The molecule has 1 amide bonds. The predicted molar refractivity (Wildman–Crippen MR) is 111 cm³/mol. The predicted octanol–water partition coefficient (Wildman–Crippen LogP) is 3.57. The number of methoxy groups -OCH3 is 1. The van der Waals surface area contributed by atoms with Crippen LogP contribution in [0.3, 0.4) is 0 Å². The van der Waals surface area contributed by atoms with E-state index in [2.05, 4.69) is 5.32 Å². The van der Waals surface area contributed by atoms with Gasteiger partial charge in [-0.05, 0) is 55.9 Å². The zero-order valence-corrected chi connectivity index (χ0v) is 17.3. The van der Waals surface area contributed by atoms with Crippen LogP contribution in [0, 0.1) is 0 Å². The van der Waals surface area contributed by atoms with Gasteiger partial charge in [0.25, 0.3) is 5.91 Å². The summed E-state index contributed by atoms with van der Waals surface area (Å²) in [6, 6.07) is 6.38. The average Bonchev–Trinajstić information content (AvgIpc) is 3.08. The molecule has 7 nitrogen and oxygen atoms in total. The molecule has 1 heterocycles. The number of ether oxygens (including phenoxy) is 2. The number of esters is 2. The van der Waals surface area contributed by atoms with Gasteiger partial charge in [0.05, 0.1) is 18.2 Å². The van der Waals surface area contributed by atoms with Crippen molar-refractivity contribution in [1.29, 1.82) is 0 Å². The van der Waals surface area contributed by atoms with E-state index in [9.17, 15) is 14.4 Å². The minimum absolute atomic E-state index is 0.276. The maximum Gasteiger partial charge on any atom is 0.341 e. The van der Waals surface area contributed by atoms with Crippen molar-refractivity contribution < 1.29 is 23.9 Å². The van der Waals surface area contributed by atoms with Crippen molar-refractivity contribution in [2.24, 2.45) is 0 Å². The summed E-state index contributed by atoms with van der Waals surface area (Å²) >= 11 is 1.39. The van der Waals surface area contributed by atoms with Gasteiger partial charge in [-0.1, -0.05) is 13.0 Å². The van der Waals surface area contributed by atoms with Crippen LogP contribution >= 0.6 is 11.3 Å². The Morgan fingerprint density at radius 1 is 1.21 bits per heavy atom. The van der Waals surface area contributed by atoms with E-state index in [1.54, 1.807) is 25.1 Å². The molecule has 1 aliphatic rings. The van der Waals surface area contributed by atoms with Crippen molar-refractivity contribution in [3.8, 4) is 0 Å². The molecule has 0 radical (unpaired) electrons. The molecule has 1 aromatic heterocycles. The summed E-state index contributed by atoms with van der Waals surface area (Å²) in [5, 5.41) is 3.23. The number of nitrogen functional groups attached to an aromatic ring is 1. The molecule has 0 saturated heterocycles. The summed E-state index contributed by atoms with van der Waals surface area (Å²) in [7, 11) is 1.32. The van der Waals surface area contributed by atoms with Gasteiger partial charge in [-0.3, -0.25) is 4.79 Å². The lowest BCUT2D eigenvalue weighted by Crippen LogP contribution is -2.32. The largest absolute Gasteiger partial charge is 0.465 e. The number of aryl methyl sites for hydroxylation is 1. The second-order valence-electron chi connectivity index (χ2n) is 6.82. The van der Waals surface area contributed by atoms with Gasteiger partial charge in [0.1, 0.15) is 5.00 Å². The zero-order valence-electron chi connectivity index (χ0n) is 16.4. The van der Waals surface area contributed by atoms with E-state index < -0.39 is 23.9 Å². The van der Waals surface area contributed by atoms with Gasteiger partial charge in [0, 0.05) is 10.6 Å². The summed E-state index contributed by atoms with van der Waals surface area (Å²) in [6.45, 7) is 1.75. The molecule has 1 aliphatic carbocycles. The quantitative estimate of drug-likeness (QED) is 0.551. The monoisotopic (exact) mass is 416 g/mol. The molecule has 0 fully saturated rings. The summed E-state index contributed by atoms with van der Waals surface area (Å²) in [4.78, 5) is 38.6. The second kappa shape index (κ2) is 9.09. The number of benzene rings is 1. The standard InChI is InChI=1S/C21H24N2O5S/c1-3-15(28-20(25)12-7-6-8-13(22)11-12)18(24)23-19-17(21(26)27-2)14-9-4-5-10-16(14)29-19/h6-8,11,15H,3-5,9-10,22H2,1-2H3,(H,23,24). The topological polar surface area (TPSA) is 108 Å². The fraction of sp³-hybridized carbons (Fsp3) is 0.381. The van der Waals surface area contributed by atoms with Gasteiger partial charge < -0.3 is 20.5 Å². The highest BCUT2D eigenvalue weighted by atomic mass is 32.1. The van der Waals surface area contributed by atoms with Crippen molar-refractivity contribution in [3.05, 3.63) is 45.8 Å². The summed E-state index contributed by atoms with van der Waals surface area (Å²) in [5.41, 5.74) is 7.77. The molecule has 2 aromatic rings. The first kappa shape index (κ1) is 20.9. The first-order valence-corrected chi connectivity index (χ1v) is 10.4. The van der Waals surface area contributed by atoms with Gasteiger partial charge >= 0.3 is 11.9 Å². The fourth-order valence-corrected chi connectivity index (χ4v) is 4.63. The maximum absolute atomic E-state index is 12.8. The van der Waals surface area contributed by atoms with E-state index in [0.717, 1.165) is 36.1 Å². The number of nitrogens with one attached hydrogen (secondary N) is 1. The van der Waals surface area contributed by atoms with E-state index in [4.69, 9.17) is 15.2 Å². The zero-order chi connectivity index (χ0) is 21.0. The highest BCUT2D eigenvalue weighted by molar-refractivity contribution is 7.17. The van der Waals surface area contributed by atoms with Gasteiger partial charge in [-0.15, -0.1) is 11.3 Å². The molecular formula is C21H24N2O5S. The first-order chi connectivity index (χ1) is 13.9. The van der Waals surface area contributed by atoms with E-state index in [1.807, 2.05) is 0 Å². The third kappa shape index (κ3) is 4.59. The Morgan fingerprint density at radius 2 is 1.97 bits per heavy atom. The molecule has 0 aliphatic heterocycles. The molecule has 8 heteroatoms. The maximum atomic E-state index is 12.8. The van der Waals surface area contributed by atoms with Crippen LogP contribution in [0.1, 0.15) is 57.3 Å². The second-order valence-corrected chi connectivity index (χ2v) is 7.93. The number of rotatable bonds is 6. The smallest absolute Gasteiger partial charge is 0.341 e. The normalized spacial score (nSPS) is 13.9. The Labute approximate surface area is 173 Å². The van der Waals surface area contributed by atoms with Gasteiger partial charge in [0.15, 0.2) is 6.10 Å². The number of nitrogens with two attached hydrogens (primary N) is 1. The number of fused-ring (bicyclic) bond motifs is 1. The van der Waals surface area contributed by atoms with Crippen molar-refractivity contribution in [1.82, 2.24) is 0 Å². The molecular weight excluding hydrogens is 392 g/mol. The van der Waals surface area contributed by atoms with Crippen LogP contribution in [-0.2, 0) is 27.1 Å². The number of amides is 1. The highest BCUT2D eigenvalue weighted by Gasteiger charge is 2.29. The lowest BCUT2D eigenvalue weighted by Gasteiger charge is -2.16. The van der Waals surface area contributed by atoms with Gasteiger partial charge in [0.2, 0.25) is 0 Å². The molecule has 29 heavy (non-hydrogen) atoms. The van der Waals surface area contributed by atoms with Crippen LogP contribution in [0.4, 0.5) is 10.7 Å². The van der Waals surface area contributed by atoms with E-state index >= 15 is 0 Å². The minimum atomic E-state index is -0.992. The van der Waals surface area contributed by atoms with Gasteiger partial charge in [-0.2, -0.15) is 0 Å². The van der Waals surface area contributed by atoms with E-state index in [1.165, 1.54) is 24.5 Å². The summed E-state index contributed by atoms with van der Waals surface area (Å²) in [5.74, 6) is -1.57. The SMILES string of the molecule is CCC(OC(=O)c1cccc(N)c1)C(=O)Nc1sc2c(c1C(=O)OC)CCCC2. The van der Waals surface area contributed by atoms with Crippen LogP contribution < -0.4 is 11.1 Å². The summed E-state index contributed by atoms with van der Waals surface area (Å²) in [6.07, 6.45) is 3.01. The van der Waals surface area contributed by atoms with Crippen LogP contribution in [0.2, 0.25) is 0 Å². The van der Waals surface area contributed by atoms with Crippen LogP contribution in [0.25, 0.3) is 0 Å². The number of carbonyl (C=O) groups is 3. The van der Waals surface area contributed by atoms with E-state index in [0.29, 0.717) is 22.7 Å². The molecule has 154 valence electrons. The minimum Gasteiger partial charge on any atom is -0.465 e. The number of hydrogen-bond acceptors (Lipinski definition) is 7. The molecule has 3 rings (SSSR count). The number of carbonyl (C=O) groups excluding carboxylic acids is 3. The molecule has 1 aromatic carbocycles. The lowest BCUT2D eigenvalue weighted by molar-refractivity contribution is -0.124. The molecule has 0 saturated carbocycles. The average molecular weight is 416 g/mol. The van der Waals surface area contributed by atoms with Crippen molar-refractivity contribution in [2.45, 2.75) is 45.1 Å². The Morgan fingerprint density at radius 3 is 2.66 bits per heavy atom. The number of anilines is 2. The van der Waals surface area contributed by atoms with Gasteiger partial charge in [-0.25, -0.2) is 9.59 Å². The first-order valence-electron chi connectivity index (χ1n) is 9.54. The number of hydrogen-bond donors (Lipinski definition) is 2. The summed E-state index contributed by atoms with van der Waals surface area (Å²) < 4.78 is 10.3. The Balaban J connectivity index is 1.78. The Kier molecular flexibility index (Phi) is 6.53. The van der Waals surface area contributed by atoms with Crippen molar-refractivity contribution in [2.75, 3.05) is 18.2 Å². The van der Waals surface area contributed by atoms with E-state index in [-0.39, 0.29) is 5.56 Å². The molecule has 0 bridgehead atoms. The van der Waals surface area contributed by atoms with Crippen LogP contribution in [0.15, 0.2) is 24.3 Å². The lowest BCUT2D eigenvalue weighted by atomic mass is 9.95. The molecule has 1 unspecified atom stereocenters. The Hall–Kier alpha value is -2.87. The molecule has 0 spiro atoms. The third-order valence-corrected chi connectivity index (χ3v) is 6.04. The van der Waals surface area contributed by atoms with Crippen molar-refractivity contribution in [3.63, 3.8) is 0 Å². The third-order valence-electron chi connectivity index (χ3n) is 4.83. The van der Waals surface area contributed by atoms with Crippen LogP contribution in [0.5, 0.6) is 0 Å². The molecule has 1 atom stereocenters. The van der Waals surface area contributed by atoms with Crippen LogP contribution in [-0.4, -0.2) is 31.1 Å². The molecule has 3 N–H and O–H groups in total. The highest BCUT2D eigenvalue weighted by Crippen LogP contribution is 2.38.